The molecule has 5 aromatic rings. The van der Waals surface area contributed by atoms with Crippen molar-refractivity contribution >= 4 is 33.2 Å². The Labute approximate surface area is 230 Å². The first-order chi connectivity index (χ1) is 19.1. The van der Waals surface area contributed by atoms with Crippen molar-refractivity contribution in [2.45, 2.75) is 12.6 Å². The third-order valence-corrected chi connectivity index (χ3v) is 7.12. The fourth-order valence-corrected chi connectivity index (χ4v) is 4.94. The summed E-state index contributed by atoms with van der Waals surface area (Å²) in [7, 11) is 0. The van der Waals surface area contributed by atoms with Crippen molar-refractivity contribution in [3.8, 4) is 11.5 Å². The van der Waals surface area contributed by atoms with Crippen molar-refractivity contribution in [1.82, 2.24) is 10.3 Å². The SMILES string of the molecule is NCc1ccc(C(NC(=O)c2ccc(OCCOc3ccccc3)cc2)C(=O)c2nc3ccccc3s2)cc1. The van der Waals surface area contributed by atoms with E-state index in [0.717, 1.165) is 21.5 Å². The van der Waals surface area contributed by atoms with Gasteiger partial charge in [-0.05, 0) is 59.7 Å². The molecule has 0 saturated heterocycles. The number of aromatic nitrogens is 1. The number of nitrogens with zero attached hydrogens (tertiary/aromatic N) is 1. The van der Waals surface area contributed by atoms with Crippen LogP contribution in [0.5, 0.6) is 11.5 Å². The largest absolute Gasteiger partial charge is 0.490 e. The summed E-state index contributed by atoms with van der Waals surface area (Å²) in [4.78, 5) is 31.4. The highest BCUT2D eigenvalue weighted by molar-refractivity contribution is 7.20. The third-order valence-electron chi connectivity index (χ3n) is 6.07. The van der Waals surface area contributed by atoms with Gasteiger partial charge in [-0.25, -0.2) is 4.98 Å². The number of hydrogen-bond donors (Lipinski definition) is 2. The number of ketones is 1. The van der Waals surface area contributed by atoms with Gasteiger partial charge in [-0.3, -0.25) is 9.59 Å². The topological polar surface area (TPSA) is 104 Å². The lowest BCUT2D eigenvalue weighted by Crippen LogP contribution is -2.34. The molecule has 4 aromatic carbocycles. The minimum absolute atomic E-state index is 0.275. The van der Waals surface area contributed by atoms with Gasteiger partial charge in [0.1, 0.15) is 30.8 Å². The van der Waals surface area contributed by atoms with E-state index in [0.29, 0.717) is 41.6 Å². The highest BCUT2D eigenvalue weighted by Crippen LogP contribution is 2.27. The Balaban J connectivity index is 1.27. The summed E-state index contributed by atoms with van der Waals surface area (Å²) in [5.41, 5.74) is 8.48. The zero-order valence-corrected chi connectivity index (χ0v) is 21.9. The Bertz CT molecular complexity index is 1520. The zero-order chi connectivity index (χ0) is 27.0. The highest BCUT2D eigenvalue weighted by atomic mass is 32.1. The molecule has 0 bridgehead atoms. The van der Waals surface area contributed by atoms with Gasteiger partial charge in [-0.2, -0.15) is 0 Å². The van der Waals surface area contributed by atoms with Gasteiger partial charge in [-0.15, -0.1) is 11.3 Å². The van der Waals surface area contributed by atoms with E-state index < -0.39 is 6.04 Å². The Morgan fingerprint density at radius 1 is 0.795 bits per heavy atom. The molecule has 0 aliphatic carbocycles. The summed E-state index contributed by atoms with van der Waals surface area (Å²) in [6.45, 7) is 1.14. The number of Topliss-reactive ketones (excluding diaryl/α,β-unsaturated/α-hetero) is 1. The van der Waals surface area contributed by atoms with E-state index in [1.807, 2.05) is 78.9 Å². The second kappa shape index (κ2) is 12.3. The molecule has 1 amide bonds. The average molecular weight is 538 g/mol. The first kappa shape index (κ1) is 26.1. The molecule has 0 spiro atoms. The molecule has 196 valence electrons. The molecular formula is C31H27N3O4S. The first-order valence-corrected chi connectivity index (χ1v) is 13.3. The van der Waals surface area contributed by atoms with E-state index in [4.69, 9.17) is 15.2 Å². The minimum atomic E-state index is -0.907. The smallest absolute Gasteiger partial charge is 0.252 e. The maximum atomic E-state index is 13.6. The molecule has 0 aliphatic heterocycles. The number of nitrogens with two attached hydrogens (primary N) is 1. The monoisotopic (exact) mass is 537 g/mol. The summed E-state index contributed by atoms with van der Waals surface area (Å²) in [5.74, 6) is 0.739. The number of carbonyl (C=O) groups is 2. The van der Waals surface area contributed by atoms with Crippen LogP contribution in [0.1, 0.15) is 37.3 Å². The van der Waals surface area contributed by atoms with Crippen molar-refractivity contribution < 1.29 is 19.1 Å². The molecule has 39 heavy (non-hydrogen) atoms. The third kappa shape index (κ3) is 6.49. The zero-order valence-electron chi connectivity index (χ0n) is 21.1. The number of amides is 1. The lowest BCUT2D eigenvalue weighted by molar-refractivity contribution is 0.0857. The van der Waals surface area contributed by atoms with Gasteiger partial charge in [0.25, 0.3) is 5.91 Å². The molecule has 1 atom stereocenters. The number of fused-ring (bicyclic) bond motifs is 1. The first-order valence-electron chi connectivity index (χ1n) is 12.5. The Morgan fingerprint density at radius 3 is 2.10 bits per heavy atom. The van der Waals surface area contributed by atoms with Crippen molar-refractivity contribution in [3.05, 3.63) is 125 Å². The average Bonchev–Trinajstić information content (AvgIpc) is 3.43. The predicted molar refractivity (Wildman–Crippen MR) is 152 cm³/mol. The summed E-state index contributed by atoms with van der Waals surface area (Å²) in [6, 6.07) is 30.3. The molecule has 0 radical (unpaired) electrons. The second-order valence-corrected chi connectivity index (χ2v) is 9.77. The lowest BCUT2D eigenvalue weighted by Gasteiger charge is -2.18. The number of rotatable bonds is 11. The van der Waals surface area contributed by atoms with Gasteiger partial charge < -0.3 is 20.5 Å². The second-order valence-electron chi connectivity index (χ2n) is 8.74. The summed E-state index contributed by atoms with van der Waals surface area (Å²) in [6.07, 6.45) is 0. The van der Waals surface area contributed by atoms with Gasteiger partial charge in [0.15, 0.2) is 5.01 Å². The molecule has 0 fully saturated rings. The van der Waals surface area contributed by atoms with E-state index >= 15 is 0 Å². The standard InChI is InChI=1S/C31H27N3O4S/c32-20-21-10-12-22(13-11-21)28(29(35)31-33-26-8-4-5-9-27(26)39-31)34-30(36)23-14-16-25(17-15-23)38-19-18-37-24-6-2-1-3-7-24/h1-17,28H,18-20,32H2,(H,34,36). The summed E-state index contributed by atoms with van der Waals surface area (Å²) < 4.78 is 12.3. The number of hydrogen-bond acceptors (Lipinski definition) is 7. The van der Waals surface area contributed by atoms with Gasteiger partial charge >= 0.3 is 0 Å². The van der Waals surface area contributed by atoms with Crippen LogP contribution in [0.2, 0.25) is 0 Å². The van der Waals surface area contributed by atoms with E-state index in [-0.39, 0.29) is 11.7 Å². The van der Waals surface area contributed by atoms with Crippen LogP contribution in [0.3, 0.4) is 0 Å². The fourth-order valence-electron chi connectivity index (χ4n) is 4.00. The van der Waals surface area contributed by atoms with Crippen molar-refractivity contribution in [1.29, 1.82) is 0 Å². The minimum Gasteiger partial charge on any atom is -0.490 e. The molecule has 1 heterocycles. The molecule has 5 rings (SSSR count). The maximum absolute atomic E-state index is 13.6. The van der Waals surface area contributed by atoms with E-state index in [1.54, 1.807) is 24.3 Å². The molecule has 1 aromatic heterocycles. The van der Waals surface area contributed by atoms with Gasteiger partial charge in [0.05, 0.1) is 10.2 Å². The Hall–Kier alpha value is -4.53. The summed E-state index contributed by atoms with van der Waals surface area (Å²) in [5, 5.41) is 3.24. The van der Waals surface area contributed by atoms with Crippen LogP contribution in [0.4, 0.5) is 0 Å². The maximum Gasteiger partial charge on any atom is 0.252 e. The van der Waals surface area contributed by atoms with Crippen LogP contribution in [-0.4, -0.2) is 29.9 Å². The van der Waals surface area contributed by atoms with Crippen molar-refractivity contribution in [2.75, 3.05) is 13.2 Å². The normalized spacial score (nSPS) is 11.6. The van der Waals surface area contributed by atoms with Gasteiger partial charge in [0.2, 0.25) is 5.78 Å². The molecule has 1 unspecified atom stereocenters. The molecule has 8 heteroatoms. The Kier molecular flexibility index (Phi) is 8.26. The number of carbonyl (C=O) groups excluding carboxylic acids is 2. The van der Waals surface area contributed by atoms with Gasteiger partial charge in [-0.1, -0.05) is 54.6 Å². The molecular weight excluding hydrogens is 510 g/mol. The fraction of sp³-hybridized carbons (Fsp3) is 0.129. The molecule has 7 nitrogen and oxygen atoms in total. The number of para-hydroxylation sites is 2. The van der Waals surface area contributed by atoms with E-state index in [9.17, 15) is 9.59 Å². The van der Waals surface area contributed by atoms with E-state index in [2.05, 4.69) is 10.3 Å². The number of nitrogens with one attached hydrogen (secondary N) is 1. The van der Waals surface area contributed by atoms with Crippen LogP contribution >= 0.6 is 11.3 Å². The summed E-state index contributed by atoms with van der Waals surface area (Å²) >= 11 is 1.31. The van der Waals surface area contributed by atoms with Crippen LogP contribution in [0, 0.1) is 0 Å². The number of benzene rings is 4. The number of thiazole rings is 1. The van der Waals surface area contributed by atoms with Crippen LogP contribution in [0.15, 0.2) is 103 Å². The van der Waals surface area contributed by atoms with Crippen LogP contribution in [-0.2, 0) is 6.54 Å². The quantitative estimate of drug-likeness (QED) is 0.169. The van der Waals surface area contributed by atoms with Crippen LogP contribution in [0.25, 0.3) is 10.2 Å². The van der Waals surface area contributed by atoms with Gasteiger partial charge in [0, 0.05) is 12.1 Å². The Morgan fingerprint density at radius 2 is 1.44 bits per heavy atom. The highest BCUT2D eigenvalue weighted by Gasteiger charge is 2.27. The molecule has 3 N–H and O–H groups in total. The molecule has 0 saturated carbocycles. The predicted octanol–water partition coefficient (Wildman–Crippen LogP) is 5.57. The van der Waals surface area contributed by atoms with Crippen LogP contribution < -0.4 is 20.5 Å². The lowest BCUT2D eigenvalue weighted by atomic mass is 10.0. The molecule has 0 aliphatic rings. The van der Waals surface area contributed by atoms with E-state index in [1.165, 1.54) is 11.3 Å². The van der Waals surface area contributed by atoms with Crippen molar-refractivity contribution in [2.24, 2.45) is 5.73 Å². The van der Waals surface area contributed by atoms with Crippen molar-refractivity contribution in [3.63, 3.8) is 0 Å². The number of ether oxygens (including phenoxy) is 2.